The SMILES string of the molecule is CC(=O)N1CCN(c2ncc(Cl)cn2)CC1. The number of anilines is 1. The molecule has 1 aliphatic heterocycles. The normalized spacial score (nSPS) is 16.4. The molecular weight excluding hydrogens is 228 g/mol. The van der Waals surface area contributed by atoms with Crippen LogP contribution in [0.2, 0.25) is 5.02 Å². The van der Waals surface area contributed by atoms with E-state index in [4.69, 9.17) is 11.6 Å². The Bertz CT molecular complexity index is 373. The molecule has 0 atom stereocenters. The fourth-order valence-electron chi connectivity index (χ4n) is 1.69. The van der Waals surface area contributed by atoms with Crippen LogP contribution in [0.3, 0.4) is 0 Å². The summed E-state index contributed by atoms with van der Waals surface area (Å²) in [5.74, 6) is 0.796. The van der Waals surface area contributed by atoms with Crippen LogP contribution in [0.5, 0.6) is 0 Å². The van der Waals surface area contributed by atoms with Gasteiger partial charge in [0, 0.05) is 33.1 Å². The molecule has 0 N–H and O–H groups in total. The molecule has 1 fully saturated rings. The Balaban J connectivity index is 1.99. The molecule has 1 aliphatic rings. The summed E-state index contributed by atoms with van der Waals surface area (Å²) in [6.07, 6.45) is 3.17. The minimum absolute atomic E-state index is 0.122. The summed E-state index contributed by atoms with van der Waals surface area (Å²) in [5, 5.41) is 0.533. The Morgan fingerprint density at radius 1 is 1.25 bits per heavy atom. The molecule has 0 saturated carbocycles. The third-order valence-corrected chi connectivity index (χ3v) is 2.81. The van der Waals surface area contributed by atoms with Gasteiger partial charge in [0.05, 0.1) is 17.4 Å². The van der Waals surface area contributed by atoms with Crippen molar-refractivity contribution >= 4 is 23.5 Å². The first-order valence-corrected chi connectivity index (χ1v) is 5.52. The van der Waals surface area contributed by atoms with Crippen LogP contribution >= 0.6 is 11.6 Å². The van der Waals surface area contributed by atoms with E-state index in [1.54, 1.807) is 19.3 Å². The lowest BCUT2D eigenvalue weighted by molar-refractivity contribution is -0.129. The molecule has 2 rings (SSSR count). The highest BCUT2D eigenvalue weighted by Gasteiger charge is 2.19. The minimum atomic E-state index is 0.122. The van der Waals surface area contributed by atoms with Crippen LogP contribution in [0.1, 0.15) is 6.92 Å². The number of carbonyl (C=O) groups is 1. The summed E-state index contributed by atoms with van der Waals surface area (Å²) in [6, 6.07) is 0. The van der Waals surface area contributed by atoms with Crippen LogP contribution < -0.4 is 4.90 Å². The van der Waals surface area contributed by atoms with Gasteiger partial charge in [-0.15, -0.1) is 0 Å². The lowest BCUT2D eigenvalue weighted by Crippen LogP contribution is -2.48. The lowest BCUT2D eigenvalue weighted by Gasteiger charge is -2.34. The molecule has 16 heavy (non-hydrogen) atoms. The Morgan fingerprint density at radius 2 is 1.81 bits per heavy atom. The van der Waals surface area contributed by atoms with Crippen LogP contribution in [0.4, 0.5) is 5.95 Å². The minimum Gasteiger partial charge on any atom is -0.339 e. The second kappa shape index (κ2) is 4.65. The molecular formula is C10H13ClN4O. The van der Waals surface area contributed by atoms with Crippen molar-refractivity contribution in [3.63, 3.8) is 0 Å². The molecule has 5 nitrogen and oxygen atoms in total. The van der Waals surface area contributed by atoms with Crippen LogP contribution in [0.15, 0.2) is 12.4 Å². The van der Waals surface area contributed by atoms with Crippen LogP contribution in [-0.2, 0) is 4.79 Å². The lowest BCUT2D eigenvalue weighted by atomic mass is 10.3. The molecule has 0 bridgehead atoms. The number of aromatic nitrogens is 2. The van der Waals surface area contributed by atoms with Crippen molar-refractivity contribution in [2.75, 3.05) is 31.1 Å². The zero-order valence-electron chi connectivity index (χ0n) is 9.06. The summed E-state index contributed by atoms with van der Waals surface area (Å²) < 4.78 is 0. The molecule has 1 saturated heterocycles. The van der Waals surface area contributed by atoms with Gasteiger partial charge in [0.1, 0.15) is 0 Å². The zero-order chi connectivity index (χ0) is 11.5. The van der Waals surface area contributed by atoms with Gasteiger partial charge in [0.2, 0.25) is 11.9 Å². The van der Waals surface area contributed by atoms with Crippen molar-refractivity contribution in [2.45, 2.75) is 6.92 Å². The smallest absolute Gasteiger partial charge is 0.225 e. The van der Waals surface area contributed by atoms with E-state index in [0.29, 0.717) is 11.0 Å². The largest absolute Gasteiger partial charge is 0.339 e. The van der Waals surface area contributed by atoms with Crippen LogP contribution in [0.25, 0.3) is 0 Å². The van der Waals surface area contributed by atoms with Gasteiger partial charge in [-0.05, 0) is 0 Å². The first-order chi connectivity index (χ1) is 7.66. The van der Waals surface area contributed by atoms with Gasteiger partial charge in [-0.25, -0.2) is 9.97 Å². The molecule has 0 unspecified atom stereocenters. The standard InChI is InChI=1S/C10H13ClN4O/c1-8(16)14-2-4-15(5-3-14)10-12-6-9(11)7-13-10/h6-7H,2-5H2,1H3. The maximum atomic E-state index is 11.1. The molecule has 86 valence electrons. The maximum absolute atomic E-state index is 11.1. The van der Waals surface area contributed by atoms with Gasteiger partial charge < -0.3 is 9.80 Å². The number of hydrogen-bond donors (Lipinski definition) is 0. The number of carbonyl (C=O) groups excluding carboxylic acids is 1. The van der Waals surface area contributed by atoms with E-state index < -0.39 is 0 Å². The summed E-state index contributed by atoms with van der Waals surface area (Å²) in [5.41, 5.74) is 0. The maximum Gasteiger partial charge on any atom is 0.225 e. The predicted octanol–water partition coefficient (Wildman–Crippen LogP) is 0.798. The first kappa shape index (κ1) is 11.1. The predicted molar refractivity (Wildman–Crippen MR) is 61.5 cm³/mol. The number of rotatable bonds is 1. The van der Waals surface area contributed by atoms with E-state index in [-0.39, 0.29) is 5.91 Å². The Hall–Kier alpha value is -1.36. The van der Waals surface area contributed by atoms with Gasteiger partial charge >= 0.3 is 0 Å². The van der Waals surface area contributed by atoms with Crippen molar-refractivity contribution in [3.05, 3.63) is 17.4 Å². The van der Waals surface area contributed by atoms with Gasteiger partial charge in [0.15, 0.2) is 0 Å². The highest BCUT2D eigenvalue weighted by molar-refractivity contribution is 6.30. The molecule has 0 spiro atoms. The third-order valence-electron chi connectivity index (χ3n) is 2.61. The highest BCUT2D eigenvalue weighted by atomic mass is 35.5. The molecule has 0 aliphatic carbocycles. The average Bonchev–Trinajstić information content (AvgIpc) is 2.30. The van der Waals surface area contributed by atoms with Gasteiger partial charge in [-0.1, -0.05) is 11.6 Å². The van der Waals surface area contributed by atoms with E-state index in [9.17, 15) is 4.79 Å². The van der Waals surface area contributed by atoms with Gasteiger partial charge in [0.25, 0.3) is 0 Å². The molecule has 0 aromatic carbocycles. The van der Waals surface area contributed by atoms with Crippen LogP contribution in [0, 0.1) is 0 Å². The topological polar surface area (TPSA) is 49.3 Å². The van der Waals surface area contributed by atoms with Crippen molar-refractivity contribution < 1.29 is 4.79 Å². The molecule has 6 heteroatoms. The second-order valence-corrected chi connectivity index (χ2v) is 4.13. The van der Waals surface area contributed by atoms with E-state index in [1.165, 1.54) is 0 Å². The second-order valence-electron chi connectivity index (χ2n) is 3.69. The first-order valence-electron chi connectivity index (χ1n) is 5.15. The monoisotopic (exact) mass is 240 g/mol. The number of nitrogens with zero attached hydrogens (tertiary/aromatic N) is 4. The Kier molecular flexibility index (Phi) is 3.24. The molecule has 1 amide bonds. The van der Waals surface area contributed by atoms with Crippen molar-refractivity contribution in [2.24, 2.45) is 0 Å². The highest BCUT2D eigenvalue weighted by Crippen LogP contribution is 2.12. The van der Waals surface area contributed by atoms with E-state index in [0.717, 1.165) is 26.2 Å². The fraction of sp³-hybridized carbons (Fsp3) is 0.500. The summed E-state index contributed by atoms with van der Waals surface area (Å²) >= 11 is 5.72. The number of piperazine rings is 1. The molecule has 0 radical (unpaired) electrons. The van der Waals surface area contributed by atoms with Gasteiger partial charge in [-0.3, -0.25) is 4.79 Å². The number of amides is 1. The Labute approximate surface area is 99.0 Å². The van der Waals surface area contributed by atoms with Gasteiger partial charge in [-0.2, -0.15) is 0 Å². The van der Waals surface area contributed by atoms with Crippen molar-refractivity contribution in [3.8, 4) is 0 Å². The molecule has 1 aromatic rings. The number of halogens is 1. The Morgan fingerprint density at radius 3 is 2.31 bits per heavy atom. The molecule has 1 aromatic heterocycles. The summed E-state index contributed by atoms with van der Waals surface area (Å²) in [7, 11) is 0. The summed E-state index contributed by atoms with van der Waals surface area (Å²) in [4.78, 5) is 23.3. The van der Waals surface area contributed by atoms with Crippen molar-refractivity contribution in [1.82, 2.24) is 14.9 Å². The van der Waals surface area contributed by atoms with E-state index in [2.05, 4.69) is 14.9 Å². The van der Waals surface area contributed by atoms with E-state index in [1.807, 2.05) is 4.90 Å². The quantitative estimate of drug-likeness (QED) is 0.729. The van der Waals surface area contributed by atoms with Crippen LogP contribution in [-0.4, -0.2) is 47.0 Å². The summed E-state index contributed by atoms with van der Waals surface area (Å²) in [6.45, 7) is 4.57. The molecule has 2 heterocycles. The average molecular weight is 241 g/mol. The van der Waals surface area contributed by atoms with Crippen molar-refractivity contribution in [1.29, 1.82) is 0 Å². The van der Waals surface area contributed by atoms with E-state index >= 15 is 0 Å². The zero-order valence-corrected chi connectivity index (χ0v) is 9.81. The number of hydrogen-bond acceptors (Lipinski definition) is 4. The third kappa shape index (κ3) is 2.41. The fourth-order valence-corrected chi connectivity index (χ4v) is 1.79.